The second-order valence-corrected chi connectivity index (χ2v) is 6.82. The van der Waals surface area contributed by atoms with Crippen molar-refractivity contribution in [3.05, 3.63) is 34.9 Å². The number of hydrogen-bond acceptors (Lipinski definition) is 3. The van der Waals surface area contributed by atoms with Crippen LogP contribution in [-0.2, 0) is 4.79 Å². The third-order valence-electron chi connectivity index (χ3n) is 4.52. The smallest absolute Gasteiger partial charge is 0.253 e. The van der Waals surface area contributed by atoms with E-state index in [0.717, 1.165) is 36.2 Å². The zero-order chi connectivity index (χ0) is 17.7. The molecular formula is C19H29N3O2. The maximum atomic E-state index is 12.6. The van der Waals surface area contributed by atoms with E-state index in [0.29, 0.717) is 19.6 Å². The first-order chi connectivity index (χ1) is 11.4. The zero-order valence-corrected chi connectivity index (χ0v) is 15.3. The molecule has 1 heterocycles. The van der Waals surface area contributed by atoms with Gasteiger partial charge < -0.3 is 10.2 Å². The largest absolute Gasteiger partial charge is 0.353 e. The van der Waals surface area contributed by atoms with Gasteiger partial charge in [-0.2, -0.15) is 0 Å². The van der Waals surface area contributed by atoms with Gasteiger partial charge in [0.25, 0.3) is 5.91 Å². The van der Waals surface area contributed by atoms with Crippen molar-refractivity contribution >= 4 is 11.8 Å². The van der Waals surface area contributed by atoms with E-state index < -0.39 is 0 Å². The molecule has 1 aromatic rings. The Morgan fingerprint density at radius 2 is 1.67 bits per heavy atom. The van der Waals surface area contributed by atoms with Crippen molar-refractivity contribution in [2.75, 3.05) is 32.7 Å². The lowest BCUT2D eigenvalue weighted by molar-refractivity contribution is -0.123. The molecule has 5 heteroatoms. The van der Waals surface area contributed by atoms with Crippen molar-refractivity contribution in [2.45, 2.75) is 40.2 Å². The number of carbonyl (C=O) groups is 2. The van der Waals surface area contributed by atoms with Crippen LogP contribution in [-0.4, -0.2) is 60.4 Å². The van der Waals surface area contributed by atoms with Crippen LogP contribution >= 0.6 is 0 Å². The Kier molecular flexibility index (Phi) is 6.37. The zero-order valence-electron chi connectivity index (χ0n) is 15.3. The SMILES string of the molecule is CCC(C)NC(=O)CN1CCN(C(=O)c2cc(C)cc(C)c2)CC1. The summed E-state index contributed by atoms with van der Waals surface area (Å²) in [6, 6.07) is 6.18. The van der Waals surface area contributed by atoms with Gasteiger partial charge in [0.1, 0.15) is 0 Å². The summed E-state index contributed by atoms with van der Waals surface area (Å²) in [5.41, 5.74) is 2.98. The van der Waals surface area contributed by atoms with Gasteiger partial charge in [0.15, 0.2) is 0 Å². The van der Waals surface area contributed by atoms with Crippen molar-refractivity contribution in [1.82, 2.24) is 15.1 Å². The van der Waals surface area contributed by atoms with Crippen molar-refractivity contribution in [2.24, 2.45) is 0 Å². The summed E-state index contributed by atoms with van der Waals surface area (Å²) in [7, 11) is 0. The summed E-state index contributed by atoms with van der Waals surface area (Å²) >= 11 is 0. The van der Waals surface area contributed by atoms with E-state index in [4.69, 9.17) is 0 Å². The molecule has 24 heavy (non-hydrogen) atoms. The summed E-state index contributed by atoms with van der Waals surface area (Å²) in [6.07, 6.45) is 0.934. The van der Waals surface area contributed by atoms with E-state index in [1.807, 2.05) is 37.8 Å². The number of amides is 2. The average molecular weight is 331 g/mol. The molecule has 1 N–H and O–H groups in total. The van der Waals surface area contributed by atoms with Gasteiger partial charge in [0, 0.05) is 37.8 Å². The molecule has 1 fully saturated rings. The Hall–Kier alpha value is -1.88. The Morgan fingerprint density at radius 1 is 1.08 bits per heavy atom. The van der Waals surface area contributed by atoms with Crippen molar-refractivity contribution in [3.8, 4) is 0 Å². The van der Waals surface area contributed by atoms with Crippen molar-refractivity contribution in [1.29, 1.82) is 0 Å². The minimum atomic E-state index is 0.0680. The minimum Gasteiger partial charge on any atom is -0.353 e. The number of hydrogen-bond donors (Lipinski definition) is 1. The fourth-order valence-electron chi connectivity index (χ4n) is 3.02. The summed E-state index contributed by atoms with van der Waals surface area (Å²) in [5, 5.41) is 2.99. The number of piperazine rings is 1. The highest BCUT2D eigenvalue weighted by Gasteiger charge is 2.23. The second-order valence-electron chi connectivity index (χ2n) is 6.82. The molecule has 0 radical (unpaired) electrons. The normalized spacial score (nSPS) is 16.8. The third kappa shape index (κ3) is 5.06. The van der Waals surface area contributed by atoms with Crippen LogP contribution in [0, 0.1) is 13.8 Å². The van der Waals surface area contributed by atoms with E-state index >= 15 is 0 Å². The molecule has 0 spiro atoms. The van der Waals surface area contributed by atoms with E-state index in [1.165, 1.54) is 0 Å². The van der Waals surface area contributed by atoms with Crippen molar-refractivity contribution < 1.29 is 9.59 Å². The molecular weight excluding hydrogens is 302 g/mol. The Morgan fingerprint density at radius 3 is 2.21 bits per heavy atom. The number of aryl methyl sites for hydroxylation is 2. The fraction of sp³-hybridized carbons (Fsp3) is 0.579. The van der Waals surface area contributed by atoms with Gasteiger partial charge in [0.2, 0.25) is 5.91 Å². The van der Waals surface area contributed by atoms with Crippen LogP contribution in [0.25, 0.3) is 0 Å². The maximum absolute atomic E-state index is 12.6. The predicted molar refractivity (Wildman–Crippen MR) is 96.2 cm³/mol. The molecule has 2 amide bonds. The molecule has 0 aliphatic carbocycles. The van der Waals surface area contributed by atoms with Crippen LogP contribution in [0.3, 0.4) is 0 Å². The van der Waals surface area contributed by atoms with E-state index in [-0.39, 0.29) is 17.9 Å². The molecule has 2 rings (SSSR count). The first-order valence-corrected chi connectivity index (χ1v) is 8.78. The predicted octanol–water partition coefficient (Wildman–Crippen LogP) is 1.98. The molecule has 1 aliphatic heterocycles. The highest BCUT2D eigenvalue weighted by atomic mass is 16.2. The second kappa shape index (κ2) is 8.29. The van der Waals surface area contributed by atoms with Crippen LogP contribution < -0.4 is 5.32 Å². The molecule has 1 aliphatic rings. The fourth-order valence-corrected chi connectivity index (χ4v) is 3.02. The molecule has 0 aromatic heterocycles. The Labute approximate surface area is 145 Å². The Balaban J connectivity index is 1.86. The summed E-state index contributed by atoms with van der Waals surface area (Å²) in [6.45, 7) is 11.3. The van der Waals surface area contributed by atoms with Gasteiger partial charge >= 0.3 is 0 Å². The van der Waals surface area contributed by atoms with E-state index in [2.05, 4.69) is 23.2 Å². The highest BCUT2D eigenvalue weighted by molar-refractivity contribution is 5.94. The molecule has 1 unspecified atom stereocenters. The Bertz CT molecular complexity index is 572. The minimum absolute atomic E-state index is 0.0680. The molecule has 1 aromatic carbocycles. The number of nitrogens with zero attached hydrogens (tertiary/aromatic N) is 2. The highest BCUT2D eigenvalue weighted by Crippen LogP contribution is 2.13. The molecule has 5 nitrogen and oxygen atoms in total. The maximum Gasteiger partial charge on any atom is 0.253 e. The summed E-state index contributed by atoms with van der Waals surface area (Å²) < 4.78 is 0. The van der Waals surface area contributed by atoms with Crippen LogP contribution in [0.1, 0.15) is 41.8 Å². The topological polar surface area (TPSA) is 52.7 Å². The van der Waals surface area contributed by atoms with Gasteiger partial charge in [0.05, 0.1) is 6.54 Å². The lowest BCUT2D eigenvalue weighted by Crippen LogP contribution is -2.51. The lowest BCUT2D eigenvalue weighted by atomic mass is 10.1. The molecule has 1 atom stereocenters. The number of benzene rings is 1. The molecule has 132 valence electrons. The monoisotopic (exact) mass is 331 g/mol. The van der Waals surface area contributed by atoms with Crippen LogP contribution in [0.2, 0.25) is 0 Å². The number of carbonyl (C=O) groups excluding carboxylic acids is 2. The third-order valence-corrected chi connectivity index (χ3v) is 4.52. The summed E-state index contributed by atoms with van der Waals surface area (Å²) in [4.78, 5) is 28.6. The quantitative estimate of drug-likeness (QED) is 0.897. The van der Waals surface area contributed by atoms with Crippen LogP contribution in [0.5, 0.6) is 0 Å². The first kappa shape index (κ1) is 18.5. The standard InChI is InChI=1S/C19H29N3O2/c1-5-16(4)20-18(23)13-21-6-8-22(9-7-21)19(24)17-11-14(2)10-15(3)12-17/h10-12,16H,5-9,13H2,1-4H3,(H,20,23). The van der Waals surface area contributed by atoms with Gasteiger partial charge in [-0.1, -0.05) is 24.1 Å². The molecule has 0 bridgehead atoms. The summed E-state index contributed by atoms with van der Waals surface area (Å²) in [5.74, 6) is 0.156. The van der Waals surface area contributed by atoms with E-state index in [9.17, 15) is 9.59 Å². The molecule has 0 saturated carbocycles. The van der Waals surface area contributed by atoms with Gasteiger partial charge in [-0.05, 0) is 39.3 Å². The van der Waals surface area contributed by atoms with Gasteiger partial charge in [-0.25, -0.2) is 0 Å². The number of rotatable bonds is 5. The number of nitrogens with one attached hydrogen (secondary N) is 1. The molecule has 1 saturated heterocycles. The van der Waals surface area contributed by atoms with Crippen LogP contribution in [0.4, 0.5) is 0 Å². The van der Waals surface area contributed by atoms with E-state index in [1.54, 1.807) is 0 Å². The van der Waals surface area contributed by atoms with Crippen molar-refractivity contribution in [3.63, 3.8) is 0 Å². The van der Waals surface area contributed by atoms with Gasteiger partial charge in [-0.3, -0.25) is 14.5 Å². The first-order valence-electron chi connectivity index (χ1n) is 8.78. The van der Waals surface area contributed by atoms with Crippen LogP contribution in [0.15, 0.2) is 18.2 Å². The van der Waals surface area contributed by atoms with Gasteiger partial charge in [-0.15, -0.1) is 0 Å². The average Bonchev–Trinajstić information content (AvgIpc) is 2.53. The lowest BCUT2D eigenvalue weighted by Gasteiger charge is -2.34.